The molecule has 2 rings (SSSR count). The second-order valence-electron chi connectivity index (χ2n) is 5.71. The molecule has 0 bridgehead atoms. The minimum atomic E-state index is -0.394. The summed E-state index contributed by atoms with van der Waals surface area (Å²) >= 11 is 0. The largest absolute Gasteiger partial charge is 0.339 e. The molecule has 1 aliphatic rings. The van der Waals surface area contributed by atoms with E-state index in [4.69, 9.17) is 0 Å². The van der Waals surface area contributed by atoms with Crippen LogP contribution in [0, 0.1) is 5.92 Å². The fraction of sp³-hybridized carbons (Fsp3) is 0.533. The Balaban J connectivity index is 2.20. The van der Waals surface area contributed by atoms with Gasteiger partial charge >= 0.3 is 5.69 Å². The van der Waals surface area contributed by atoms with E-state index in [-0.39, 0.29) is 11.6 Å². The fourth-order valence-electron chi connectivity index (χ4n) is 2.61. The van der Waals surface area contributed by atoms with Gasteiger partial charge in [0.05, 0.1) is 5.56 Å². The average molecular weight is 291 g/mol. The van der Waals surface area contributed by atoms with Crippen molar-refractivity contribution in [3.63, 3.8) is 0 Å². The number of piperidine rings is 1. The van der Waals surface area contributed by atoms with Crippen LogP contribution in [0.1, 0.15) is 25.3 Å². The predicted molar refractivity (Wildman–Crippen MR) is 80.9 cm³/mol. The van der Waals surface area contributed by atoms with Gasteiger partial charge < -0.3 is 9.47 Å². The number of aryl methyl sites for hydroxylation is 1. The summed E-state index contributed by atoms with van der Waals surface area (Å²) < 4.78 is 2.36. The number of hydrogen-bond donors (Lipinski definition) is 0. The number of amides is 1. The van der Waals surface area contributed by atoms with Crippen LogP contribution in [0.25, 0.3) is 6.08 Å². The van der Waals surface area contributed by atoms with Gasteiger partial charge in [-0.15, -0.1) is 0 Å². The Labute approximate surface area is 123 Å². The third-order valence-electron chi connectivity index (χ3n) is 3.85. The second kappa shape index (κ2) is 6.11. The van der Waals surface area contributed by atoms with Crippen molar-refractivity contribution in [3.05, 3.63) is 38.7 Å². The number of hydrogen-bond acceptors (Lipinski definition) is 3. The van der Waals surface area contributed by atoms with E-state index < -0.39 is 5.56 Å². The van der Waals surface area contributed by atoms with Crippen molar-refractivity contribution in [2.75, 3.05) is 13.1 Å². The molecule has 0 saturated carbocycles. The summed E-state index contributed by atoms with van der Waals surface area (Å²) in [7, 11) is 3.00. The van der Waals surface area contributed by atoms with Gasteiger partial charge in [0, 0.05) is 39.5 Å². The topological polar surface area (TPSA) is 64.3 Å². The van der Waals surface area contributed by atoms with Gasteiger partial charge in [-0.3, -0.25) is 14.2 Å². The molecule has 1 aliphatic heterocycles. The molecule has 1 saturated heterocycles. The van der Waals surface area contributed by atoms with Crippen LogP contribution in [0.15, 0.2) is 21.9 Å². The Morgan fingerprint density at radius 3 is 2.71 bits per heavy atom. The first-order valence-electron chi connectivity index (χ1n) is 7.14. The zero-order valence-corrected chi connectivity index (χ0v) is 12.7. The summed E-state index contributed by atoms with van der Waals surface area (Å²) in [5.41, 5.74) is -0.444. The molecule has 1 aromatic heterocycles. The van der Waals surface area contributed by atoms with Gasteiger partial charge in [0.2, 0.25) is 5.91 Å². The van der Waals surface area contributed by atoms with Crippen molar-refractivity contribution in [1.82, 2.24) is 14.0 Å². The van der Waals surface area contributed by atoms with E-state index in [9.17, 15) is 14.4 Å². The smallest absolute Gasteiger partial charge is 0.330 e. The lowest BCUT2D eigenvalue weighted by atomic mass is 10.0. The molecule has 6 nitrogen and oxygen atoms in total. The molecule has 1 unspecified atom stereocenters. The molecule has 21 heavy (non-hydrogen) atoms. The average Bonchev–Trinajstić information content (AvgIpc) is 2.47. The highest BCUT2D eigenvalue weighted by molar-refractivity contribution is 5.91. The van der Waals surface area contributed by atoms with E-state index in [1.165, 1.54) is 30.0 Å². The molecule has 0 spiro atoms. The Morgan fingerprint density at radius 2 is 2.05 bits per heavy atom. The van der Waals surface area contributed by atoms with Crippen LogP contribution < -0.4 is 11.2 Å². The Hall–Kier alpha value is -2.11. The van der Waals surface area contributed by atoms with E-state index in [0.29, 0.717) is 11.5 Å². The zero-order valence-electron chi connectivity index (χ0n) is 12.7. The lowest BCUT2D eigenvalue weighted by molar-refractivity contribution is -0.127. The van der Waals surface area contributed by atoms with E-state index in [2.05, 4.69) is 6.92 Å². The Kier molecular flexibility index (Phi) is 4.45. The van der Waals surface area contributed by atoms with Crippen LogP contribution in [0.2, 0.25) is 0 Å². The van der Waals surface area contributed by atoms with E-state index in [1.807, 2.05) is 0 Å². The highest BCUT2D eigenvalue weighted by Crippen LogP contribution is 2.15. The monoisotopic (exact) mass is 291 g/mol. The highest BCUT2D eigenvalue weighted by atomic mass is 16.2. The third-order valence-corrected chi connectivity index (χ3v) is 3.85. The van der Waals surface area contributed by atoms with Crippen LogP contribution in [-0.2, 0) is 18.9 Å². The fourth-order valence-corrected chi connectivity index (χ4v) is 2.61. The van der Waals surface area contributed by atoms with E-state index in [1.54, 1.807) is 11.9 Å². The third kappa shape index (κ3) is 3.32. The van der Waals surface area contributed by atoms with Gasteiger partial charge in [0.1, 0.15) is 0 Å². The van der Waals surface area contributed by atoms with Crippen LogP contribution in [0.5, 0.6) is 0 Å². The van der Waals surface area contributed by atoms with Gasteiger partial charge in [-0.2, -0.15) is 0 Å². The van der Waals surface area contributed by atoms with Crippen LogP contribution in [-0.4, -0.2) is 33.0 Å². The molecule has 2 heterocycles. The maximum Gasteiger partial charge on any atom is 0.330 e. The number of rotatable bonds is 2. The molecule has 1 amide bonds. The first kappa shape index (κ1) is 15.3. The molecule has 1 atom stereocenters. The molecule has 1 aromatic rings. The second-order valence-corrected chi connectivity index (χ2v) is 5.71. The van der Waals surface area contributed by atoms with Crippen molar-refractivity contribution in [2.24, 2.45) is 20.0 Å². The first-order valence-corrected chi connectivity index (χ1v) is 7.14. The standard InChI is InChI=1S/C15H21N3O3/c1-11-5-4-8-18(9-11)13(19)7-6-12-10-16(2)15(21)17(3)14(12)20/h6-7,10-11H,4-5,8-9H2,1-3H3/b7-6+. The highest BCUT2D eigenvalue weighted by Gasteiger charge is 2.19. The number of carbonyl (C=O) groups excluding carboxylic acids is 1. The van der Waals surface area contributed by atoms with Gasteiger partial charge in [-0.25, -0.2) is 4.79 Å². The summed E-state index contributed by atoms with van der Waals surface area (Å²) in [6, 6.07) is 0. The SMILES string of the molecule is CC1CCCN(C(=O)/C=C/c2cn(C)c(=O)n(C)c2=O)C1. The van der Waals surface area contributed by atoms with Crippen LogP contribution in [0.4, 0.5) is 0 Å². The summed E-state index contributed by atoms with van der Waals surface area (Å²) in [4.78, 5) is 37.5. The van der Waals surface area contributed by atoms with Crippen molar-refractivity contribution < 1.29 is 4.79 Å². The molecule has 6 heteroatoms. The summed E-state index contributed by atoms with van der Waals surface area (Å²) in [6.45, 7) is 3.65. The van der Waals surface area contributed by atoms with Crippen LogP contribution in [0.3, 0.4) is 0 Å². The maximum absolute atomic E-state index is 12.1. The van der Waals surface area contributed by atoms with E-state index in [0.717, 1.165) is 30.5 Å². The number of aromatic nitrogens is 2. The van der Waals surface area contributed by atoms with Crippen molar-refractivity contribution in [3.8, 4) is 0 Å². The molecule has 0 aliphatic carbocycles. The summed E-state index contributed by atoms with van der Waals surface area (Å²) in [6.07, 6.45) is 6.52. The Bertz CT molecular complexity index is 684. The normalized spacial score (nSPS) is 19.2. The van der Waals surface area contributed by atoms with Crippen LogP contribution >= 0.6 is 0 Å². The van der Waals surface area contributed by atoms with E-state index >= 15 is 0 Å². The van der Waals surface area contributed by atoms with Crippen molar-refractivity contribution in [1.29, 1.82) is 0 Å². The maximum atomic E-state index is 12.1. The lowest BCUT2D eigenvalue weighted by Gasteiger charge is -2.30. The van der Waals surface area contributed by atoms with Gasteiger partial charge in [-0.1, -0.05) is 6.92 Å². The summed E-state index contributed by atoms with van der Waals surface area (Å²) in [5, 5.41) is 0. The van der Waals surface area contributed by atoms with Crippen molar-refractivity contribution >= 4 is 12.0 Å². The number of nitrogens with zero attached hydrogens (tertiary/aromatic N) is 3. The molecular formula is C15H21N3O3. The van der Waals surface area contributed by atoms with Crippen molar-refractivity contribution in [2.45, 2.75) is 19.8 Å². The Morgan fingerprint density at radius 1 is 1.33 bits per heavy atom. The molecule has 1 fully saturated rings. The van der Waals surface area contributed by atoms with Gasteiger partial charge in [0.15, 0.2) is 0 Å². The lowest BCUT2D eigenvalue weighted by Crippen LogP contribution is -2.38. The summed E-state index contributed by atoms with van der Waals surface area (Å²) in [5.74, 6) is 0.430. The van der Waals surface area contributed by atoms with Gasteiger partial charge in [0.25, 0.3) is 5.56 Å². The molecule has 0 radical (unpaired) electrons. The quantitative estimate of drug-likeness (QED) is 0.739. The molecule has 114 valence electrons. The first-order chi connectivity index (χ1) is 9.90. The number of carbonyl (C=O) groups is 1. The molecular weight excluding hydrogens is 270 g/mol. The minimum Gasteiger partial charge on any atom is -0.339 e. The van der Waals surface area contributed by atoms with Gasteiger partial charge in [-0.05, 0) is 24.8 Å². The molecule has 0 aromatic carbocycles. The predicted octanol–water partition coefficient (Wildman–Crippen LogP) is 0.356. The molecule has 0 N–H and O–H groups in total. The number of likely N-dealkylation sites (tertiary alicyclic amines) is 1. The minimum absolute atomic E-state index is 0.0857. The zero-order chi connectivity index (χ0) is 15.6.